The molecular weight excluding hydrogens is 232 g/mol. The SMILES string of the molecule is CCCCc1ccc(/C=C/c2ccc(O)cc2)cc1. The van der Waals surface area contributed by atoms with E-state index in [9.17, 15) is 5.11 Å². The Kier molecular flexibility index (Phi) is 4.79. The van der Waals surface area contributed by atoms with Gasteiger partial charge in [0.15, 0.2) is 0 Å². The quantitative estimate of drug-likeness (QED) is 0.750. The van der Waals surface area contributed by atoms with Crippen LogP contribution >= 0.6 is 0 Å². The van der Waals surface area contributed by atoms with E-state index in [4.69, 9.17) is 0 Å². The average molecular weight is 252 g/mol. The van der Waals surface area contributed by atoms with Crippen LogP contribution in [0.3, 0.4) is 0 Å². The van der Waals surface area contributed by atoms with Crippen LogP contribution in [0.15, 0.2) is 48.5 Å². The number of hydrogen-bond donors (Lipinski definition) is 1. The predicted molar refractivity (Wildman–Crippen MR) is 82.1 cm³/mol. The van der Waals surface area contributed by atoms with Gasteiger partial charge >= 0.3 is 0 Å². The van der Waals surface area contributed by atoms with Crippen molar-refractivity contribution in [1.82, 2.24) is 0 Å². The fourth-order valence-corrected chi connectivity index (χ4v) is 1.95. The third-order valence-corrected chi connectivity index (χ3v) is 3.16. The van der Waals surface area contributed by atoms with Crippen LogP contribution in [0.1, 0.15) is 36.5 Å². The normalized spacial score (nSPS) is 11.0. The van der Waals surface area contributed by atoms with Gasteiger partial charge < -0.3 is 5.11 Å². The van der Waals surface area contributed by atoms with Crippen molar-refractivity contribution in [2.75, 3.05) is 0 Å². The van der Waals surface area contributed by atoms with Crippen LogP contribution in [0.25, 0.3) is 12.2 Å². The molecule has 0 saturated heterocycles. The second-order valence-corrected chi connectivity index (χ2v) is 4.77. The van der Waals surface area contributed by atoms with Crippen LogP contribution in [0.2, 0.25) is 0 Å². The Morgan fingerprint density at radius 3 is 1.89 bits per heavy atom. The van der Waals surface area contributed by atoms with Gasteiger partial charge in [-0.25, -0.2) is 0 Å². The molecule has 0 spiro atoms. The van der Waals surface area contributed by atoms with Crippen molar-refractivity contribution < 1.29 is 5.11 Å². The van der Waals surface area contributed by atoms with E-state index in [1.807, 2.05) is 12.1 Å². The molecule has 0 aromatic heterocycles. The van der Waals surface area contributed by atoms with E-state index in [2.05, 4.69) is 43.3 Å². The fourth-order valence-electron chi connectivity index (χ4n) is 1.95. The van der Waals surface area contributed by atoms with Crippen LogP contribution in [-0.2, 0) is 6.42 Å². The van der Waals surface area contributed by atoms with E-state index in [0.29, 0.717) is 5.75 Å². The molecule has 19 heavy (non-hydrogen) atoms. The van der Waals surface area contributed by atoms with Crippen molar-refractivity contribution in [3.63, 3.8) is 0 Å². The van der Waals surface area contributed by atoms with Crippen LogP contribution in [0, 0.1) is 0 Å². The molecule has 0 heterocycles. The summed E-state index contributed by atoms with van der Waals surface area (Å²) in [7, 11) is 0. The van der Waals surface area contributed by atoms with E-state index >= 15 is 0 Å². The predicted octanol–water partition coefficient (Wildman–Crippen LogP) is 4.91. The first kappa shape index (κ1) is 13.4. The van der Waals surface area contributed by atoms with Crippen LogP contribution < -0.4 is 0 Å². The fraction of sp³-hybridized carbons (Fsp3) is 0.222. The monoisotopic (exact) mass is 252 g/mol. The Morgan fingerprint density at radius 1 is 0.842 bits per heavy atom. The molecule has 2 rings (SSSR count). The highest BCUT2D eigenvalue weighted by molar-refractivity contribution is 5.69. The topological polar surface area (TPSA) is 20.2 Å². The number of aryl methyl sites for hydroxylation is 1. The molecule has 0 amide bonds. The zero-order chi connectivity index (χ0) is 13.5. The van der Waals surface area contributed by atoms with Crippen molar-refractivity contribution in [3.8, 4) is 5.75 Å². The number of aromatic hydroxyl groups is 1. The number of phenols is 1. The molecule has 1 N–H and O–H groups in total. The highest BCUT2D eigenvalue weighted by atomic mass is 16.3. The summed E-state index contributed by atoms with van der Waals surface area (Å²) in [6.07, 6.45) is 7.81. The Balaban J connectivity index is 2.00. The zero-order valence-electron chi connectivity index (χ0n) is 11.3. The highest BCUT2D eigenvalue weighted by Gasteiger charge is 1.93. The number of benzene rings is 2. The van der Waals surface area contributed by atoms with Gasteiger partial charge in [0.05, 0.1) is 0 Å². The van der Waals surface area contributed by atoms with E-state index in [1.165, 1.54) is 30.4 Å². The summed E-state index contributed by atoms with van der Waals surface area (Å²) in [5, 5.41) is 9.22. The number of unbranched alkanes of at least 4 members (excludes halogenated alkanes) is 1. The maximum atomic E-state index is 9.22. The summed E-state index contributed by atoms with van der Waals surface area (Å²) in [6.45, 7) is 2.22. The minimum atomic E-state index is 0.303. The van der Waals surface area contributed by atoms with Gasteiger partial charge in [0.25, 0.3) is 0 Å². The first-order valence-corrected chi connectivity index (χ1v) is 6.84. The Hall–Kier alpha value is -2.02. The summed E-state index contributed by atoms with van der Waals surface area (Å²) in [4.78, 5) is 0. The molecule has 0 atom stereocenters. The first-order chi connectivity index (χ1) is 9.28. The smallest absolute Gasteiger partial charge is 0.115 e. The van der Waals surface area contributed by atoms with Gasteiger partial charge in [-0.15, -0.1) is 0 Å². The lowest BCUT2D eigenvalue weighted by molar-refractivity contribution is 0.475. The van der Waals surface area contributed by atoms with Gasteiger partial charge in [-0.3, -0.25) is 0 Å². The van der Waals surface area contributed by atoms with Gasteiger partial charge in [0.2, 0.25) is 0 Å². The van der Waals surface area contributed by atoms with E-state index in [0.717, 1.165) is 5.56 Å². The zero-order valence-corrected chi connectivity index (χ0v) is 11.3. The summed E-state index contributed by atoms with van der Waals surface area (Å²) in [6, 6.07) is 15.9. The van der Waals surface area contributed by atoms with Crippen molar-refractivity contribution in [2.45, 2.75) is 26.2 Å². The van der Waals surface area contributed by atoms with Gasteiger partial charge in [-0.1, -0.05) is 61.9 Å². The second-order valence-electron chi connectivity index (χ2n) is 4.77. The van der Waals surface area contributed by atoms with Crippen molar-refractivity contribution >= 4 is 12.2 Å². The third-order valence-electron chi connectivity index (χ3n) is 3.16. The lowest BCUT2D eigenvalue weighted by atomic mass is 10.1. The molecule has 1 heteroatoms. The molecule has 0 unspecified atom stereocenters. The number of hydrogen-bond acceptors (Lipinski definition) is 1. The molecular formula is C18H20O. The maximum Gasteiger partial charge on any atom is 0.115 e. The standard InChI is InChI=1S/C18H20O/c1-2-3-4-15-5-7-16(8-6-15)9-10-17-11-13-18(19)14-12-17/h5-14,19H,2-4H2,1H3/b10-9+. The van der Waals surface area contributed by atoms with Crippen LogP contribution in [0.4, 0.5) is 0 Å². The Labute approximate surface area is 115 Å². The largest absolute Gasteiger partial charge is 0.508 e. The Morgan fingerprint density at radius 2 is 1.37 bits per heavy atom. The molecule has 0 aliphatic rings. The average Bonchev–Trinajstić information content (AvgIpc) is 2.46. The molecule has 98 valence electrons. The summed E-state index contributed by atoms with van der Waals surface area (Å²) < 4.78 is 0. The highest BCUT2D eigenvalue weighted by Crippen LogP contribution is 2.14. The van der Waals surface area contributed by atoms with Crippen LogP contribution in [-0.4, -0.2) is 5.11 Å². The number of phenolic OH excluding ortho intramolecular Hbond substituents is 1. The van der Waals surface area contributed by atoms with Crippen molar-refractivity contribution in [1.29, 1.82) is 0 Å². The number of rotatable bonds is 5. The Bertz CT molecular complexity index is 521. The molecule has 0 aliphatic carbocycles. The van der Waals surface area contributed by atoms with Crippen LogP contribution in [0.5, 0.6) is 5.75 Å². The van der Waals surface area contributed by atoms with Gasteiger partial charge in [-0.2, -0.15) is 0 Å². The van der Waals surface area contributed by atoms with Crippen molar-refractivity contribution in [2.24, 2.45) is 0 Å². The maximum absolute atomic E-state index is 9.22. The molecule has 0 fully saturated rings. The molecule has 0 aliphatic heterocycles. The van der Waals surface area contributed by atoms with Gasteiger partial charge in [-0.05, 0) is 41.7 Å². The molecule has 2 aromatic rings. The van der Waals surface area contributed by atoms with Gasteiger partial charge in [0.1, 0.15) is 5.75 Å². The molecule has 0 bridgehead atoms. The van der Waals surface area contributed by atoms with E-state index in [1.54, 1.807) is 12.1 Å². The summed E-state index contributed by atoms with van der Waals surface area (Å²) >= 11 is 0. The second kappa shape index (κ2) is 6.79. The van der Waals surface area contributed by atoms with Gasteiger partial charge in [0, 0.05) is 0 Å². The lowest BCUT2D eigenvalue weighted by Crippen LogP contribution is -1.84. The third kappa shape index (κ3) is 4.29. The molecule has 0 radical (unpaired) electrons. The summed E-state index contributed by atoms with van der Waals surface area (Å²) in [5.41, 5.74) is 3.70. The van der Waals surface area contributed by atoms with Crippen molar-refractivity contribution in [3.05, 3.63) is 65.2 Å². The minimum Gasteiger partial charge on any atom is -0.508 e. The molecule has 0 saturated carbocycles. The molecule has 1 nitrogen and oxygen atoms in total. The van der Waals surface area contributed by atoms with E-state index in [-0.39, 0.29) is 0 Å². The first-order valence-electron chi connectivity index (χ1n) is 6.84. The molecule has 2 aromatic carbocycles. The summed E-state index contributed by atoms with van der Waals surface area (Å²) in [5.74, 6) is 0.303. The van der Waals surface area contributed by atoms with E-state index < -0.39 is 0 Å². The minimum absolute atomic E-state index is 0.303. The lowest BCUT2D eigenvalue weighted by Gasteiger charge is -2.00.